The van der Waals surface area contributed by atoms with E-state index in [1.54, 1.807) is 7.11 Å². The molecule has 3 rings (SSSR count). The summed E-state index contributed by atoms with van der Waals surface area (Å²) in [6.07, 6.45) is 1.50. The fourth-order valence-electron chi connectivity index (χ4n) is 2.67. The summed E-state index contributed by atoms with van der Waals surface area (Å²) in [7, 11) is 1.62. The highest BCUT2D eigenvalue weighted by Gasteiger charge is 2.20. The van der Waals surface area contributed by atoms with Crippen LogP contribution in [0.25, 0.3) is 10.1 Å². The maximum Gasteiger partial charge on any atom is 0.346 e. The molecule has 0 aliphatic heterocycles. The number of rotatable bonds is 5. The van der Waals surface area contributed by atoms with Crippen molar-refractivity contribution < 1.29 is 14.6 Å². The number of hydrogen-bond donors (Lipinski definition) is 1. The third-order valence-corrected chi connectivity index (χ3v) is 4.88. The Morgan fingerprint density at radius 1 is 1.09 bits per heavy atom. The van der Waals surface area contributed by atoms with Crippen molar-refractivity contribution in [2.75, 3.05) is 7.11 Å². The molecule has 0 fully saturated rings. The van der Waals surface area contributed by atoms with Crippen LogP contribution in [-0.2, 0) is 12.8 Å². The van der Waals surface area contributed by atoms with E-state index in [1.165, 1.54) is 16.9 Å². The summed E-state index contributed by atoms with van der Waals surface area (Å²) >= 11 is 1.32. The van der Waals surface area contributed by atoms with Crippen LogP contribution in [0.4, 0.5) is 0 Å². The van der Waals surface area contributed by atoms with Gasteiger partial charge in [-0.3, -0.25) is 0 Å². The lowest BCUT2D eigenvalue weighted by Gasteiger charge is -2.06. The van der Waals surface area contributed by atoms with Crippen molar-refractivity contribution in [3.05, 3.63) is 64.5 Å². The number of thiophene rings is 1. The minimum absolute atomic E-state index is 0.412. The van der Waals surface area contributed by atoms with Gasteiger partial charge in [-0.15, -0.1) is 11.3 Å². The van der Waals surface area contributed by atoms with Gasteiger partial charge in [0.1, 0.15) is 10.6 Å². The van der Waals surface area contributed by atoms with Crippen molar-refractivity contribution in [1.82, 2.24) is 0 Å². The summed E-state index contributed by atoms with van der Waals surface area (Å²) in [5.74, 6) is -0.129. The SMILES string of the molecule is COc1cccc2sc(C(=O)O)c(CCc3ccccc3)c12. The predicted octanol–water partition coefficient (Wildman–Crippen LogP) is 4.39. The first-order chi connectivity index (χ1) is 10.7. The molecule has 1 N–H and O–H groups in total. The van der Waals surface area contributed by atoms with Crippen LogP contribution in [0.3, 0.4) is 0 Å². The van der Waals surface area contributed by atoms with Gasteiger partial charge in [-0.05, 0) is 36.1 Å². The molecule has 0 spiro atoms. The quantitative estimate of drug-likeness (QED) is 0.760. The molecular formula is C18H16O3S. The smallest absolute Gasteiger partial charge is 0.346 e. The standard InChI is InChI=1S/C18H16O3S/c1-21-14-8-5-9-15-16(14)13(17(22-15)18(19)20)11-10-12-6-3-2-4-7-12/h2-9H,10-11H2,1H3,(H,19,20). The second-order valence-corrected chi connectivity index (χ2v) is 6.09. The Hall–Kier alpha value is -2.33. The molecule has 2 aromatic carbocycles. The van der Waals surface area contributed by atoms with Gasteiger partial charge in [0.25, 0.3) is 0 Å². The minimum Gasteiger partial charge on any atom is -0.496 e. The zero-order valence-electron chi connectivity index (χ0n) is 12.2. The monoisotopic (exact) mass is 312 g/mol. The molecule has 0 unspecified atom stereocenters. The number of aryl methyl sites for hydroxylation is 2. The molecule has 0 radical (unpaired) electrons. The van der Waals surface area contributed by atoms with Gasteiger partial charge in [-0.25, -0.2) is 4.79 Å². The molecular weight excluding hydrogens is 296 g/mol. The van der Waals surface area contributed by atoms with E-state index in [0.717, 1.165) is 27.8 Å². The van der Waals surface area contributed by atoms with E-state index < -0.39 is 5.97 Å². The van der Waals surface area contributed by atoms with Crippen LogP contribution in [-0.4, -0.2) is 18.2 Å². The number of benzene rings is 2. The summed E-state index contributed by atoms with van der Waals surface area (Å²) in [6.45, 7) is 0. The second-order valence-electron chi connectivity index (χ2n) is 5.03. The number of carbonyl (C=O) groups is 1. The Labute approximate surface area is 132 Å². The molecule has 0 aliphatic carbocycles. The Bertz CT molecular complexity index is 806. The summed E-state index contributed by atoms with van der Waals surface area (Å²) in [5.41, 5.74) is 2.07. The number of carboxylic acid groups (broad SMARTS) is 1. The lowest BCUT2D eigenvalue weighted by Crippen LogP contribution is -2.00. The molecule has 22 heavy (non-hydrogen) atoms. The molecule has 3 aromatic rings. The molecule has 0 saturated heterocycles. The number of hydrogen-bond acceptors (Lipinski definition) is 3. The lowest BCUT2D eigenvalue weighted by molar-refractivity contribution is 0.0701. The Morgan fingerprint density at radius 3 is 2.55 bits per heavy atom. The van der Waals surface area contributed by atoms with Gasteiger partial charge in [0.05, 0.1) is 7.11 Å². The van der Waals surface area contributed by atoms with Gasteiger partial charge in [-0.1, -0.05) is 36.4 Å². The average Bonchev–Trinajstić information content (AvgIpc) is 2.93. The van der Waals surface area contributed by atoms with E-state index in [2.05, 4.69) is 12.1 Å². The maximum absolute atomic E-state index is 11.6. The van der Waals surface area contributed by atoms with Gasteiger partial charge in [0.15, 0.2) is 0 Å². The Morgan fingerprint density at radius 2 is 1.86 bits per heavy atom. The normalized spacial score (nSPS) is 10.8. The molecule has 1 aromatic heterocycles. The number of ether oxygens (including phenoxy) is 1. The summed E-state index contributed by atoms with van der Waals surface area (Å²) in [6, 6.07) is 15.8. The first kappa shape index (κ1) is 14.6. The number of carboxylic acids is 1. The van der Waals surface area contributed by atoms with Crippen LogP contribution in [0.5, 0.6) is 5.75 Å². The third kappa shape index (κ3) is 2.70. The fraction of sp³-hybridized carbons (Fsp3) is 0.167. The van der Waals surface area contributed by atoms with E-state index in [4.69, 9.17) is 4.74 Å². The maximum atomic E-state index is 11.6. The molecule has 0 aliphatic rings. The predicted molar refractivity (Wildman–Crippen MR) is 89.2 cm³/mol. The number of methoxy groups -OCH3 is 1. The summed E-state index contributed by atoms with van der Waals surface area (Å²) < 4.78 is 6.39. The first-order valence-corrected chi connectivity index (χ1v) is 7.88. The number of fused-ring (bicyclic) bond motifs is 1. The molecule has 4 heteroatoms. The topological polar surface area (TPSA) is 46.5 Å². The van der Waals surface area contributed by atoms with Gasteiger partial charge >= 0.3 is 5.97 Å². The van der Waals surface area contributed by atoms with Crippen molar-refractivity contribution >= 4 is 27.4 Å². The van der Waals surface area contributed by atoms with Crippen LogP contribution in [0.2, 0.25) is 0 Å². The molecule has 0 atom stereocenters. The highest BCUT2D eigenvalue weighted by Crippen LogP contribution is 2.38. The van der Waals surface area contributed by atoms with Crippen LogP contribution < -0.4 is 4.74 Å². The van der Waals surface area contributed by atoms with Gasteiger partial charge in [0, 0.05) is 10.1 Å². The highest BCUT2D eigenvalue weighted by molar-refractivity contribution is 7.21. The van der Waals surface area contributed by atoms with E-state index >= 15 is 0 Å². The summed E-state index contributed by atoms with van der Waals surface area (Å²) in [4.78, 5) is 12.0. The van der Waals surface area contributed by atoms with Gasteiger partial charge in [-0.2, -0.15) is 0 Å². The van der Waals surface area contributed by atoms with Crippen molar-refractivity contribution in [1.29, 1.82) is 0 Å². The van der Waals surface area contributed by atoms with Crippen molar-refractivity contribution in [2.24, 2.45) is 0 Å². The minimum atomic E-state index is -0.869. The Balaban J connectivity index is 2.05. The molecule has 3 nitrogen and oxygen atoms in total. The zero-order chi connectivity index (χ0) is 15.5. The molecule has 0 amide bonds. The van der Waals surface area contributed by atoms with E-state index in [-0.39, 0.29) is 0 Å². The summed E-state index contributed by atoms with van der Waals surface area (Å²) in [5, 5.41) is 10.4. The first-order valence-electron chi connectivity index (χ1n) is 7.06. The third-order valence-electron chi connectivity index (χ3n) is 3.70. The van der Waals surface area contributed by atoms with Crippen molar-refractivity contribution in [3.63, 3.8) is 0 Å². The van der Waals surface area contributed by atoms with E-state index in [9.17, 15) is 9.90 Å². The Kier molecular flexibility index (Phi) is 4.11. The van der Waals surface area contributed by atoms with Gasteiger partial charge < -0.3 is 9.84 Å². The van der Waals surface area contributed by atoms with Crippen LogP contribution in [0.15, 0.2) is 48.5 Å². The fourth-order valence-corrected chi connectivity index (χ4v) is 3.78. The molecule has 1 heterocycles. The lowest BCUT2D eigenvalue weighted by atomic mass is 10.0. The van der Waals surface area contributed by atoms with E-state index in [1.807, 2.05) is 36.4 Å². The second kappa shape index (κ2) is 6.20. The van der Waals surface area contributed by atoms with Gasteiger partial charge in [0.2, 0.25) is 0 Å². The van der Waals surface area contributed by atoms with E-state index in [0.29, 0.717) is 11.3 Å². The van der Waals surface area contributed by atoms with Crippen LogP contribution in [0.1, 0.15) is 20.8 Å². The van der Waals surface area contributed by atoms with Crippen molar-refractivity contribution in [3.8, 4) is 5.75 Å². The largest absolute Gasteiger partial charge is 0.496 e. The zero-order valence-corrected chi connectivity index (χ0v) is 13.0. The molecule has 0 bridgehead atoms. The van der Waals surface area contributed by atoms with Crippen LogP contribution >= 0.6 is 11.3 Å². The van der Waals surface area contributed by atoms with Crippen molar-refractivity contribution in [2.45, 2.75) is 12.8 Å². The molecule has 112 valence electrons. The highest BCUT2D eigenvalue weighted by atomic mass is 32.1. The number of aromatic carboxylic acids is 1. The average molecular weight is 312 g/mol. The van der Waals surface area contributed by atoms with Crippen LogP contribution in [0, 0.1) is 0 Å². The molecule has 0 saturated carbocycles.